The zero-order valence-electron chi connectivity index (χ0n) is 11.0. The van der Waals surface area contributed by atoms with Gasteiger partial charge in [0, 0.05) is 0 Å². The molecule has 0 aromatic heterocycles. The summed E-state index contributed by atoms with van der Waals surface area (Å²) in [5.41, 5.74) is 0.550. The van der Waals surface area contributed by atoms with Gasteiger partial charge in [0.15, 0.2) is 0 Å². The Kier molecular flexibility index (Phi) is 20.9. The van der Waals surface area contributed by atoms with Crippen molar-refractivity contribution in [2.45, 2.75) is 40.5 Å². The van der Waals surface area contributed by atoms with Gasteiger partial charge in [-0.05, 0) is 11.8 Å². The molecule has 19 heavy (non-hydrogen) atoms. The van der Waals surface area contributed by atoms with Gasteiger partial charge in [-0.25, -0.2) is 0 Å². The first-order valence-corrected chi connectivity index (χ1v) is 4.76. The number of rotatable bonds is 1. The van der Waals surface area contributed by atoms with Gasteiger partial charge in [-0.1, -0.05) is 34.1 Å². The van der Waals surface area contributed by atoms with E-state index in [4.69, 9.17) is 46.0 Å². The summed E-state index contributed by atoms with van der Waals surface area (Å²) in [5, 5.41) is 40.9. The maximum atomic E-state index is 8.36. The fourth-order valence-electron chi connectivity index (χ4n) is 0.750. The Labute approximate surface area is 108 Å². The highest BCUT2D eigenvalue weighted by atomic mass is 16.9. The second-order valence-electron chi connectivity index (χ2n) is 4.02. The molecule has 0 aromatic carbocycles. The molecule has 0 fully saturated rings. The minimum absolute atomic E-state index is 0.550. The number of hydrogen-bond acceptors (Lipinski definition) is 6. The standard InChI is InChI=1S/C7H16.3HNO3/c1-5-6-7(2,3)4;3*2-1(3)4/h5-6H2,1-4H3;3*(H,2,3,4). The van der Waals surface area contributed by atoms with Crippen molar-refractivity contribution in [3.8, 4) is 0 Å². The van der Waals surface area contributed by atoms with E-state index in [9.17, 15) is 0 Å². The molecule has 0 aromatic rings. The molecule has 116 valence electrons. The number of nitrogens with zero attached hydrogens (tertiary/aromatic N) is 3. The number of hydrogen-bond donors (Lipinski definition) is 3. The predicted molar refractivity (Wildman–Crippen MR) is 60.7 cm³/mol. The van der Waals surface area contributed by atoms with E-state index in [0.717, 1.165) is 0 Å². The van der Waals surface area contributed by atoms with Crippen LogP contribution in [-0.4, -0.2) is 30.9 Å². The maximum Gasteiger partial charge on any atom is 0.291 e. The highest BCUT2D eigenvalue weighted by Gasteiger charge is 2.06. The van der Waals surface area contributed by atoms with Crippen molar-refractivity contribution >= 4 is 0 Å². The quantitative estimate of drug-likeness (QED) is 0.476. The van der Waals surface area contributed by atoms with E-state index >= 15 is 0 Å². The van der Waals surface area contributed by atoms with E-state index < -0.39 is 15.3 Å². The molecule has 0 saturated carbocycles. The molecule has 0 atom stereocenters. The van der Waals surface area contributed by atoms with Crippen LogP contribution in [0.25, 0.3) is 0 Å². The van der Waals surface area contributed by atoms with E-state index in [-0.39, 0.29) is 0 Å². The average Bonchev–Trinajstić information content (AvgIpc) is 1.96. The largest absolute Gasteiger partial charge is 0.328 e. The van der Waals surface area contributed by atoms with Crippen LogP contribution >= 0.6 is 0 Å². The van der Waals surface area contributed by atoms with Crippen LogP contribution in [0.15, 0.2) is 0 Å². The van der Waals surface area contributed by atoms with Gasteiger partial charge in [0.05, 0.1) is 0 Å². The van der Waals surface area contributed by atoms with Crippen LogP contribution in [0.2, 0.25) is 0 Å². The summed E-state index contributed by atoms with van der Waals surface area (Å²) < 4.78 is 0. The molecule has 0 amide bonds. The van der Waals surface area contributed by atoms with Crippen molar-refractivity contribution in [2.75, 3.05) is 0 Å². The van der Waals surface area contributed by atoms with E-state index in [1.807, 2.05) is 0 Å². The van der Waals surface area contributed by atoms with Crippen LogP contribution in [0, 0.1) is 35.8 Å². The third-order valence-corrected chi connectivity index (χ3v) is 1.000. The van der Waals surface area contributed by atoms with Crippen molar-refractivity contribution in [1.29, 1.82) is 0 Å². The van der Waals surface area contributed by atoms with Crippen LogP contribution < -0.4 is 0 Å². The molecule has 12 heteroatoms. The summed E-state index contributed by atoms with van der Waals surface area (Å²) in [6, 6.07) is 0. The first kappa shape index (κ1) is 25.4. The average molecular weight is 289 g/mol. The first-order chi connectivity index (χ1) is 8.26. The smallest absolute Gasteiger partial charge is 0.291 e. The molecule has 0 aliphatic heterocycles. The third kappa shape index (κ3) is 1130. The van der Waals surface area contributed by atoms with Crippen molar-refractivity contribution in [2.24, 2.45) is 5.41 Å². The van der Waals surface area contributed by atoms with E-state index in [1.54, 1.807) is 0 Å². The van der Waals surface area contributed by atoms with E-state index in [2.05, 4.69) is 27.7 Å². The molecule has 12 nitrogen and oxygen atoms in total. The SMILES string of the molecule is CCCC(C)(C)C.O=[N+]([O-])O.O=[N+]([O-])O.O=[N+]([O-])O. The molecule has 0 saturated heterocycles. The summed E-state index contributed by atoms with van der Waals surface area (Å²) in [7, 11) is 0. The maximum absolute atomic E-state index is 8.36. The molecule has 0 aliphatic rings. The summed E-state index contributed by atoms with van der Waals surface area (Å²) in [5.74, 6) is 0. The Bertz CT molecular complexity index is 210. The lowest BCUT2D eigenvalue weighted by Gasteiger charge is -2.15. The minimum Gasteiger partial charge on any atom is -0.328 e. The van der Waals surface area contributed by atoms with Gasteiger partial charge in [-0.15, -0.1) is 30.3 Å². The van der Waals surface area contributed by atoms with Crippen LogP contribution in [0.1, 0.15) is 40.5 Å². The molecule has 0 rings (SSSR count). The monoisotopic (exact) mass is 289 g/mol. The lowest BCUT2D eigenvalue weighted by atomic mass is 9.91. The van der Waals surface area contributed by atoms with Crippen molar-refractivity contribution in [3.05, 3.63) is 30.3 Å². The topological polar surface area (TPSA) is 190 Å². The molecule has 0 unspecified atom stereocenters. The van der Waals surface area contributed by atoms with E-state index in [0.29, 0.717) is 5.41 Å². The molecule has 0 bridgehead atoms. The van der Waals surface area contributed by atoms with Crippen molar-refractivity contribution in [1.82, 2.24) is 0 Å². The Hall–Kier alpha value is -2.40. The Morgan fingerprint density at radius 3 is 1.00 bits per heavy atom. The summed E-state index contributed by atoms with van der Waals surface area (Å²) in [6.45, 7) is 9.05. The van der Waals surface area contributed by atoms with Gasteiger partial charge in [-0.3, -0.25) is 0 Å². The lowest BCUT2D eigenvalue weighted by molar-refractivity contribution is -0.742. The second kappa shape index (κ2) is 15.6. The normalized spacial score (nSPS) is 8.21. The summed E-state index contributed by atoms with van der Waals surface area (Å²) >= 11 is 0. The molecule has 0 spiro atoms. The zero-order valence-corrected chi connectivity index (χ0v) is 11.0. The van der Waals surface area contributed by atoms with Crippen molar-refractivity contribution < 1.29 is 30.9 Å². The van der Waals surface area contributed by atoms with Gasteiger partial charge < -0.3 is 15.6 Å². The molecule has 3 N–H and O–H groups in total. The second-order valence-corrected chi connectivity index (χ2v) is 4.02. The van der Waals surface area contributed by atoms with Gasteiger partial charge in [-0.2, -0.15) is 0 Å². The predicted octanol–water partition coefficient (Wildman–Crippen LogP) is 1.79. The van der Waals surface area contributed by atoms with Gasteiger partial charge >= 0.3 is 0 Å². The molecule has 0 aliphatic carbocycles. The Morgan fingerprint density at radius 2 is 1.00 bits per heavy atom. The third-order valence-electron chi connectivity index (χ3n) is 1.000. The highest BCUT2D eigenvalue weighted by Crippen LogP contribution is 2.19. The highest BCUT2D eigenvalue weighted by molar-refractivity contribution is 4.58. The first-order valence-electron chi connectivity index (χ1n) is 4.76. The lowest BCUT2D eigenvalue weighted by Crippen LogP contribution is -2.02. The van der Waals surface area contributed by atoms with Gasteiger partial charge in [0.2, 0.25) is 0 Å². The summed E-state index contributed by atoms with van der Waals surface area (Å²) in [4.78, 5) is 25.1. The summed E-state index contributed by atoms with van der Waals surface area (Å²) in [6.07, 6.45) is 2.65. The Morgan fingerprint density at radius 1 is 0.842 bits per heavy atom. The Balaban J connectivity index is -0.0000000825. The zero-order chi connectivity index (χ0) is 16.6. The molecule has 0 heterocycles. The minimum atomic E-state index is -1.50. The fourth-order valence-corrected chi connectivity index (χ4v) is 0.750. The van der Waals surface area contributed by atoms with Crippen molar-refractivity contribution in [3.63, 3.8) is 0 Å². The molecular formula is C7H19N3O9. The van der Waals surface area contributed by atoms with Gasteiger partial charge in [0.1, 0.15) is 0 Å². The van der Waals surface area contributed by atoms with Crippen LogP contribution in [0.4, 0.5) is 0 Å². The van der Waals surface area contributed by atoms with Crippen LogP contribution in [0.5, 0.6) is 0 Å². The fraction of sp³-hybridized carbons (Fsp3) is 1.00. The van der Waals surface area contributed by atoms with E-state index in [1.165, 1.54) is 12.8 Å². The van der Waals surface area contributed by atoms with Crippen LogP contribution in [-0.2, 0) is 0 Å². The molecular weight excluding hydrogens is 270 g/mol. The van der Waals surface area contributed by atoms with Gasteiger partial charge in [0.25, 0.3) is 15.3 Å². The molecule has 0 radical (unpaired) electrons. The van der Waals surface area contributed by atoms with Crippen LogP contribution in [0.3, 0.4) is 0 Å².